The molecule has 3 aromatic rings. The summed E-state index contributed by atoms with van der Waals surface area (Å²) in [6.45, 7) is 7.77. The molecule has 1 atom stereocenters. The van der Waals surface area contributed by atoms with Gasteiger partial charge in [0.15, 0.2) is 0 Å². The third-order valence-corrected chi connectivity index (χ3v) is 7.88. The zero-order valence-electron chi connectivity index (χ0n) is 24.8. The molecule has 9 heteroatoms. The van der Waals surface area contributed by atoms with Gasteiger partial charge in [-0.05, 0) is 60.2 Å². The highest BCUT2D eigenvalue weighted by atomic mass is 32.2. The molecule has 8 nitrogen and oxygen atoms in total. The van der Waals surface area contributed by atoms with Crippen LogP contribution in [-0.2, 0) is 32.6 Å². The highest BCUT2D eigenvalue weighted by Crippen LogP contribution is 2.25. The smallest absolute Gasteiger partial charge is 0.244 e. The van der Waals surface area contributed by atoms with Crippen molar-refractivity contribution in [2.75, 3.05) is 30.8 Å². The second-order valence-corrected chi connectivity index (χ2v) is 12.7. The minimum Gasteiger partial charge on any atom is -0.497 e. The number of nitrogens with zero attached hydrogens (tertiary/aromatic N) is 2. The van der Waals surface area contributed by atoms with Crippen molar-refractivity contribution in [2.24, 2.45) is 5.92 Å². The Balaban J connectivity index is 2.09. The number of carbonyl (C=O) groups is 2. The van der Waals surface area contributed by atoms with Gasteiger partial charge in [-0.3, -0.25) is 13.9 Å². The van der Waals surface area contributed by atoms with Crippen LogP contribution in [0.5, 0.6) is 5.75 Å². The maximum absolute atomic E-state index is 14.2. The van der Waals surface area contributed by atoms with Crippen LogP contribution in [0.3, 0.4) is 0 Å². The van der Waals surface area contributed by atoms with Crippen LogP contribution >= 0.6 is 0 Å². The Labute approximate surface area is 244 Å². The Kier molecular flexibility index (Phi) is 10.9. The Morgan fingerprint density at radius 3 is 2.24 bits per heavy atom. The van der Waals surface area contributed by atoms with E-state index in [1.807, 2.05) is 88.4 Å². The number of amides is 2. The molecule has 0 radical (unpaired) electrons. The van der Waals surface area contributed by atoms with Crippen molar-refractivity contribution in [1.82, 2.24) is 10.2 Å². The molecule has 0 saturated carbocycles. The van der Waals surface area contributed by atoms with Crippen LogP contribution in [0.1, 0.15) is 36.1 Å². The predicted octanol–water partition coefficient (Wildman–Crippen LogP) is 4.49. The second-order valence-electron chi connectivity index (χ2n) is 10.8. The molecule has 0 aliphatic heterocycles. The van der Waals surface area contributed by atoms with Gasteiger partial charge in [0.25, 0.3) is 0 Å². The molecule has 41 heavy (non-hydrogen) atoms. The molecule has 0 unspecified atom stereocenters. The molecule has 3 aromatic carbocycles. The summed E-state index contributed by atoms with van der Waals surface area (Å²) in [5, 5.41) is 2.99. The number of rotatable bonds is 13. The summed E-state index contributed by atoms with van der Waals surface area (Å²) in [4.78, 5) is 29.4. The fourth-order valence-corrected chi connectivity index (χ4v) is 5.43. The van der Waals surface area contributed by atoms with Gasteiger partial charge in [-0.1, -0.05) is 68.4 Å². The summed E-state index contributed by atoms with van der Waals surface area (Å²) in [5.41, 5.74) is 3.67. The van der Waals surface area contributed by atoms with Crippen molar-refractivity contribution in [1.29, 1.82) is 0 Å². The second kappa shape index (κ2) is 14.2. The minimum atomic E-state index is -3.83. The fraction of sp³-hybridized carbons (Fsp3) is 0.375. The van der Waals surface area contributed by atoms with E-state index in [0.717, 1.165) is 32.8 Å². The Morgan fingerprint density at radius 2 is 1.61 bits per heavy atom. The van der Waals surface area contributed by atoms with Gasteiger partial charge in [0.1, 0.15) is 18.3 Å². The molecule has 0 aromatic heterocycles. The summed E-state index contributed by atoms with van der Waals surface area (Å²) in [5.74, 6) is 0.0482. The molecule has 0 aliphatic carbocycles. The van der Waals surface area contributed by atoms with Crippen LogP contribution in [0, 0.1) is 19.8 Å². The molecule has 0 bridgehead atoms. The summed E-state index contributed by atoms with van der Waals surface area (Å²) in [6.07, 6.45) is 1.36. The maximum atomic E-state index is 14.2. The van der Waals surface area contributed by atoms with E-state index in [1.54, 1.807) is 19.2 Å². The number of hydrogen-bond donors (Lipinski definition) is 1. The van der Waals surface area contributed by atoms with Crippen LogP contribution in [0.4, 0.5) is 5.69 Å². The third kappa shape index (κ3) is 9.08. The number of methoxy groups -OCH3 is 1. The lowest BCUT2D eigenvalue weighted by Gasteiger charge is -2.34. The van der Waals surface area contributed by atoms with Crippen molar-refractivity contribution in [3.8, 4) is 5.75 Å². The third-order valence-electron chi connectivity index (χ3n) is 6.76. The van der Waals surface area contributed by atoms with Crippen molar-refractivity contribution >= 4 is 27.5 Å². The van der Waals surface area contributed by atoms with E-state index >= 15 is 0 Å². The first kappa shape index (κ1) is 31.7. The number of ether oxygens (including phenoxy) is 1. The van der Waals surface area contributed by atoms with E-state index < -0.39 is 28.5 Å². The van der Waals surface area contributed by atoms with Gasteiger partial charge < -0.3 is 15.0 Å². The molecule has 1 N–H and O–H groups in total. The predicted molar refractivity (Wildman–Crippen MR) is 163 cm³/mol. The van der Waals surface area contributed by atoms with Gasteiger partial charge in [-0.2, -0.15) is 0 Å². The molecule has 0 saturated heterocycles. The zero-order chi connectivity index (χ0) is 30.2. The fourth-order valence-electron chi connectivity index (χ4n) is 4.53. The lowest BCUT2D eigenvalue weighted by atomic mass is 10.0. The van der Waals surface area contributed by atoms with Gasteiger partial charge >= 0.3 is 0 Å². The minimum absolute atomic E-state index is 0.0903. The highest BCUT2D eigenvalue weighted by Gasteiger charge is 2.33. The summed E-state index contributed by atoms with van der Waals surface area (Å²) >= 11 is 0. The number of carbonyl (C=O) groups excluding carboxylic acids is 2. The zero-order valence-corrected chi connectivity index (χ0v) is 25.6. The van der Waals surface area contributed by atoms with Gasteiger partial charge in [0.2, 0.25) is 21.8 Å². The van der Waals surface area contributed by atoms with Gasteiger partial charge in [0, 0.05) is 19.5 Å². The molecular weight excluding hydrogens is 538 g/mol. The summed E-state index contributed by atoms with van der Waals surface area (Å²) in [7, 11) is -2.27. The topological polar surface area (TPSA) is 96.0 Å². The molecule has 0 spiro atoms. The Hall–Kier alpha value is -3.85. The summed E-state index contributed by atoms with van der Waals surface area (Å²) < 4.78 is 32.6. The molecule has 0 fully saturated rings. The standard InChI is InChI=1S/C32H41N3O5S/c1-23(2)20-33-32(37)30(19-26-11-8-7-9-12-26)34(21-27-13-10-14-28(18-27)40-5)31(36)22-35(41(6,38)39)29-17-24(3)15-16-25(29)4/h7-18,23,30H,19-22H2,1-6H3,(H,33,37)/t30-/m0/s1. The highest BCUT2D eigenvalue weighted by molar-refractivity contribution is 7.92. The summed E-state index contributed by atoms with van der Waals surface area (Å²) in [6, 6.07) is 21.4. The average Bonchev–Trinajstić information content (AvgIpc) is 2.93. The maximum Gasteiger partial charge on any atom is 0.244 e. The molecule has 3 rings (SSSR count). The normalized spacial score (nSPS) is 12.1. The SMILES string of the molecule is COc1cccc(CN(C(=O)CN(c2cc(C)ccc2C)S(C)(=O)=O)[C@@H](Cc2ccccc2)C(=O)NCC(C)C)c1. The van der Waals surface area contributed by atoms with E-state index in [9.17, 15) is 18.0 Å². The van der Waals surface area contributed by atoms with E-state index in [-0.39, 0.29) is 24.8 Å². The van der Waals surface area contributed by atoms with Crippen molar-refractivity contribution in [3.05, 3.63) is 95.1 Å². The van der Waals surface area contributed by atoms with E-state index in [1.165, 1.54) is 4.90 Å². The first-order valence-corrected chi connectivity index (χ1v) is 15.5. The number of benzene rings is 3. The average molecular weight is 580 g/mol. The van der Waals surface area contributed by atoms with Crippen LogP contribution in [0.25, 0.3) is 0 Å². The number of nitrogens with one attached hydrogen (secondary N) is 1. The Bertz CT molecular complexity index is 1440. The van der Waals surface area contributed by atoms with Crippen molar-refractivity contribution in [3.63, 3.8) is 0 Å². The van der Waals surface area contributed by atoms with Gasteiger partial charge in [-0.15, -0.1) is 0 Å². The first-order chi connectivity index (χ1) is 19.4. The van der Waals surface area contributed by atoms with E-state index in [4.69, 9.17) is 4.74 Å². The molecule has 2 amide bonds. The number of hydrogen-bond acceptors (Lipinski definition) is 5. The quantitative estimate of drug-likeness (QED) is 0.322. The van der Waals surface area contributed by atoms with Gasteiger partial charge in [-0.25, -0.2) is 8.42 Å². The van der Waals surface area contributed by atoms with Crippen molar-refractivity contribution in [2.45, 2.75) is 46.7 Å². The van der Waals surface area contributed by atoms with Crippen LogP contribution < -0.4 is 14.4 Å². The number of anilines is 1. The number of sulfonamides is 1. The van der Waals surface area contributed by atoms with Crippen molar-refractivity contribution < 1.29 is 22.7 Å². The van der Waals surface area contributed by atoms with E-state index in [0.29, 0.717) is 18.0 Å². The number of aryl methyl sites for hydroxylation is 2. The molecule has 220 valence electrons. The van der Waals surface area contributed by atoms with Gasteiger partial charge in [0.05, 0.1) is 19.1 Å². The first-order valence-electron chi connectivity index (χ1n) is 13.7. The lowest BCUT2D eigenvalue weighted by Crippen LogP contribution is -2.53. The van der Waals surface area contributed by atoms with E-state index in [2.05, 4.69) is 5.32 Å². The molecule has 0 aliphatic rings. The van der Waals surface area contributed by atoms with Crippen LogP contribution in [0.15, 0.2) is 72.8 Å². The molecular formula is C32H41N3O5S. The Morgan fingerprint density at radius 1 is 0.927 bits per heavy atom. The largest absolute Gasteiger partial charge is 0.497 e. The molecule has 0 heterocycles. The monoisotopic (exact) mass is 579 g/mol. The van der Waals surface area contributed by atoms with Crippen LogP contribution in [0.2, 0.25) is 0 Å². The lowest BCUT2D eigenvalue weighted by molar-refractivity contribution is -0.140. The van der Waals surface area contributed by atoms with Crippen LogP contribution in [-0.4, -0.2) is 57.6 Å².